The van der Waals surface area contributed by atoms with Gasteiger partial charge < -0.3 is 60.3 Å². The van der Waals surface area contributed by atoms with Gasteiger partial charge in [-0.25, -0.2) is 0 Å². The molecule has 0 saturated carbocycles. The zero-order valence-electron chi connectivity index (χ0n) is 9.44. The third-order valence-corrected chi connectivity index (χ3v) is 0. The largest absolute Gasteiger partial charge is 3.00 e. The third-order valence-electron chi connectivity index (χ3n) is 0. The van der Waals surface area contributed by atoms with E-state index in [4.69, 9.17) is 60.3 Å². The van der Waals surface area contributed by atoms with Crippen molar-refractivity contribution in [1.82, 2.24) is 0 Å². The number of rotatable bonds is 0. The van der Waals surface area contributed by atoms with E-state index < -0.39 is 29.3 Å². The normalized spacial score (nSPS) is 5.40. The molecule has 0 aliphatic carbocycles. The Kier molecular flexibility index (Phi) is 106. The molecule has 0 aromatic heterocycles. The first-order valence-electron chi connectivity index (χ1n) is 2.83. The smallest absolute Gasteiger partial charge is 0.907 e. The Morgan fingerprint density at radius 2 is 0.300 bits per heavy atom. The van der Waals surface area contributed by atoms with Crippen molar-refractivity contribution >= 4 is 81.4 Å². The summed E-state index contributed by atoms with van der Waals surface area (Å²) >= 11 is 0. The summed E-state index contributed by atoms with van der Waals surface area (Å²) in [7, 11) is -11.7. The van der Waals surface area contributed by atoms with E-state index in [1.807, 2.05) is 0 Å². The zero-order chi connectivity index (χ0) is 14.3. The second-order valence-electron chi connectivity index (χ2n) is 1.15. The maximum atomic E-state index is 8.42. The standard InChI is InChI=1S/3Al.4BO3.Nd/c;;;4*2-1(3)4;/q3*+3;4*-3;+3. The fourth-order valence-electron chi connectivity index (χ4n) is 0. The van der Waals surface area contributed by atoms with Crippen LogP contribution in [0.1, 0.15) is 0 Å². The van der Waals surface area contributed by atoms with Crippen molar-refractivity contribution in [3.8, 4) is 0 Å². The Balaban J connectivity index is -0.0000000150. The number of hydrogen-bond donors (Lipinski definition) is 0. The summed E-state index contributed by atoms with van der Waals surface area (Å²) in [4.78, 5) is 0. The van der Waals surface area contributed by atoms with Crippen LogP contribution < -0.4 is 60.3 Å². The van der Waals surface area contributed by atoms with E-state index in [1.165, 1.54) is 0 Å². The fraction of sp³-hybridized carbons (Fsp3) is 0. The Hall–Kier alpha value is 2.73. The summed E-state index contributed by atoms with van der Waals surface area (Å²) in [5.74, 6) is 0. The molecule has 20 heavy (non-hydrogen) atoms. The van der Waals surface area contributed by atoms with Crippen LogP contribution in [-0.2, 0) is 0 Å². The molecule has 0 aliphatic heterocycles. The van der Waals surface area contributed by atoms with Crippen molar-refractivity contribution in [2.45, 2.75) is 0 Å². The average molecular weight is 460 g/mol. The molecule has 0 heterocycles. The molecule has 0 rings (SSSR count). The molecular formula is Al3B4NdO12. The van der Waals surface area contributed by atoms with E-state index >= 15 is 0 Å². The van der Waals surface area contributed by atoms with Crippen molar-refractivity contribution in [1.29, 1.82) is 0 Å². The van der Waals surface area contributed by atoms with Crippen molar-refractivity contribution in [2.24, 2.45) is 0 Å². The molecule has 0 saturated heterocycles. The second-order valence-corrected chi connectivity index (χ2v) is 1.15. The van der Waals surface area contributed by atoms with Crippen LogP contribution in [0.5, 0.6) is 0 Å². The third kappa shape index (κ3) is 1080. The van der Waals surface area contributed by atoms with Crippen LogP contribution in [0.25, 0.3) is 0 Å². The van der Waals surface area contributed by atoms with Gasteiger partial charge in [0.15, 0.2) is 0 Å². The molecule has 0 amide bonds. The number of hydrogen-bond acceptors (Lipinski definition) is 12. The molecule has 0 fully saturated rings. The summed E-state index contributed by atoms with van der Waals surface area (Å²) in [5, 5.41) is 101. The van der Waals surface area contributed by atoms with Crippen LogP contribution in [0.2, 0.25) is 0 Å². The van der Waals surface area contributed by atoms with Gasteiger partial charge in [0.05, 0.1) is 0 Å². The van der Waals surface area contributed by atoms with Crippen LogP contribution >= 0.6 is 0 Å². The summed E-state index contributed by atoms with van der Waals surface area (Å²) in [6.45, 7) is 0. The van der Waals surface area contributed by atoms with Crippen molar-refractivity contribution in [3.05, 3.63) is 0 Å². The first kappa shape index (κ1) is 49.5. The van der Waals surface area contributed by atoms with E-state index in [0.29, 0.717) is 0 Å². The summed E-state index contributed by atoms with van der Waals surface area (Å²) in [6.07, 6.45) is 0. The molecule has 0 unspecified atom stereocenters. The Morgan fingerprint density at radius 1 is 0.300 bits per heavy atom. The average Bonchev–Trinajstić information content (AvgIpc) is 1.76. The first-order chi connectivity index (χ1) is 6.93. The van der Waals surface area contributed by atoms with E-state index in [0.717, 1.165) is 0 Å². The van der Waals surface area contributed by atoms with E-state index in [-0.39, 0.29) is 92.9 Å². The molecule has 0 aromatic rings. The molecule has 0 aliphatic rings. The summed E-state index contributed by atoms with van der Waals surface area (Å²) < 4.78 is 0. The van der Waals surface area contributed by atoms with E-state index in [9.17, 15) is 0 Å². The van der Waals surface area contributed by atoms with Gasteiger partial charge in [-0.05, 0) is 0 Å². The minimum atomic E-state index is -2.92. The van der Waals surface area contributed by atoms with Gasteiger partial charge >= 0.3 is 92.9 Å². The molecule has 0 bridgehead atoms. The zero-order valence-corrected chi connectivity index (χ0v) is 16.1. The van der Waals surface area contributed by atoms with Gasteiger partial charge in [0.25, 0.3) is 0 Å². The van der Waals surface area contributed by atoms with Gasteiger partial charge in [0.1, 0.15) is 0 Å². The summed E-state index contributed by atoms with van der Waals surface area (Å²) in [6, 6.07) is 0. The molecule has 0 N–H and O–H groups in total. The maximum absolute atomic E-state index is 8.42. The van der Waals surface area contributed by atoms with Gasteiger partial charge in [-0.15, -0.1) is 0 Å². The van der Waals surface area contributed by atoms with Crippen LogP contribution in [0, 0.1) is 40.8 Å². The van der Waals surface area contributed by atoms with Crippen molar-refractivity contribution in [2.75, 3.05) is 0 Å². The molecule has 0 atom stereocenters. The molecule has 20 heteroatoms. The Bertz CT molecular complexity index is 73.7. The molecule has 0 spiro atoms. The Labute approximate surface area is 180 Å². The topological polar surface area (TPSA) is 277 Å². The predicted octanol–water partition coefficient (Wildman–Crippen LogP) is -16.9. The molecule has 12 nitrogen and oxygen atoms in total. The SMILES string of the molecule is [Al+3].[Al+3].[Al+3].[Nd+3].[O-]B([O-])[O-].[O-]B([O-])[O-].[O-]B([O-])[O-].[O-]B([O-])[O-]. The van der Waals surface area contributed by atoms with Gasteiger partial charge in [-0.1, -0.05) is 0 Å². The quantitative estimate of drug-likeness (QED) is 0.304. The monoisotopic (exact) mass is 459 g/mol. The molecule has 1 radical (unpaired) electrons. The summed E-state index contributed by atoms with van der Waals surface area (Å²) in [5.41, 5.74) is 0. The predicted molar refractivity (Wildman–Crippen MR) is 40.3 cm³/mol. The van der Waals surface area contributed by atoms with Gasteiger partial charge in [0, 0.05) is 0 Å². The van der Waals surface area contributed by atoms with Gasteiger partial charge in [-0.2, -0.15) is 0 Å². The first-order valence-corrected chi connectivity index (χ1v) is 2.83. The van der Waals surface area contributed by atoms with E-state index in [1.54, 1.807) is 0 Å². The molecule has 97 valence electrons. The molecule has 0 aromatic carbocycles. The molecular weight excluding hydrogens is 460 g/mol. The van der Waals surface area contributed by atoms with Gasteiger partial charge in [-0.3, -0.25) is 29.3 Å². The van der Waals surface area contributed by atoms with Crippen LogP contribution in [0.4, 0.5) is 0 Å². The Morgan fingerprint density at radius 3 is 0.300 bits per heavy atom. The van der Waals surface area contributed by atoms with Crippen LogP contribution in [-0.4, -0.2) is 81.4 Å². The fourth-order valence-corrected chi connectivity index (χ4v) is 0. The van der Waals surface area contributed by atoms with Crippen molar-refractivity contribution < 1.29 is 101 Å². The maximum Gasteiger partial charge on any atom is 3.00 e. The van der Waals surface area contributed by atoms with Crippen LogP contribution in [0.3, 0.4) is 0 Å². The second kappa shape index (κ2) is 43.0. The van der Waals surface area contributed by atoms with Crippen molar-refractivity contribution in [3.63, 3.8) is 0 Å². The minimum Gasteiger partial charge on any atom is -0.907 e. The van der Waals surface area contributed by atoms with E-state index in [2.05, 4.69) is 0 Å². The van der Waals surface area contributed by atoms with Gasteiger partial charge in [0.2, 0.25) is 0 Å². The minimum absolute atomic E-state index is 0. The van der Waals surface area contributed by atoms with Crippen LogP contribution in [0.15, 0.2) is 0 Å².